The molecule has 2 unspecified atom stereocenters. The van der Waals surface area contributed by atoms with Gasteiger partial charge in [-0.25, -0.2) is 8.78 Å². The molecule has 1 fully saturated rings. The molecule has 1 aromatic rings. The van der Waals surface area contributed by atoms with Gasteiger partial charge in [0.1, 0.15) is 11.4 Å². The van der Waals surface area contributed by atoms with Gasteiger partial charge in [0.05, 0.1) is 24.5 Å². The monoisotopic (exact) mass is 472 g/mol. The van der Waals surface area contributed by atoms with E-state index in [2.05, 4.69) is 15.3 Å². The molecule has 1 aromatic heterocycles. The Morgan fingerprint density at radius 2 is 2.06 bits per heavy atom. The summed E-state index contributed by atoms with van der Waals surface area (Å²) in [6.45, 7) is 1.57. The number of allylic oxidation sites excluding steroid dienone is 2. The summed E-state index contributed by atoms with van der Waals surface area (Å²) >= 11 is 0. The Bertz CT molecular complexity index is 929. The Kier molecular flexibility index (Phi) is 8.53. The molecule has 3 N–H and O–H groups in total. The van der Waals surface area contributed by atoms with Gasteiger partial charge in [-0.3, -0.25) is 30.9 Å². The van der Waals surface area contributed by atoms with Crippen molar-refractivity contribution in [2.24, 2.45) is 10.9 Å². The number of nitrogens with one attached hydrogen (secondary N) is 3. The number of rotatable bonds is 8. The summed E-state index contributed by atoms with van der Waals surface area (Å²) < 4.78 is 66.6. The molecule has 2 heterocycles. The topological polar surface area (TPSA) is 105 Å². The number of carbonyl (C=O) groups is 1. The third-order valence-electron chi connectivity index (χ3n) is 5.15. The van der Waals surface area contributed by atoms with Crippen molar-refractivity contribution in [1.82, 2.24) is 15.2 Å². The molecule has 2 rings (SSSR count). The average molecular weight is 472 g/mol. The first-order valence-corrected chi connectivity index (χ1v) is 10.1. The normalized spacial score (nSPS) is 21.3. The van der Waals surface area contributed by atoms with E-state index in [0.29, 0.717) is 6.21 Å². The van der Waals surface area contributed by atoms with Gasteiger partial charge in [0, 0.05) is 31.4 Å². The molecule has 1 aliphatic rings. The molecule has 0 radical (unpaired) electrons. The summed E-state index contributed by atoms with van der Waals surface area (Å²) in [7, 11) is 0. The van der Waals surface area contributed by atoms with Crippen LogP contribution >= 0.6 is 0 Å². The second-order valence-electron chi connectivity index (χ2n) is 7.67. The maximum atomic E-state index is 14.2. The number of likely N-dealkylation sites (tertiary alicyclic amines) is 1. The lowest BCUT2D eigenvalue weighted by Crippen LogP contribution is -2.60. The Balaban J connectivity index is 2.11. The number of nitrogens with zero attached hydrogens (tertiary/aromatic N) is 3. The highest BCUT2D eigenvalue weighted by atomic mass is 19.4. The molecule has 1 saturated heterocycles. The van der Waals surface area contributed by atoms with Crippen molar-refractivity contribution in [3.05, 3.63) is 41.7 Å². The minimum absolute atomic E-state index is 0.0261. The molecule has 1 aliphatic heterocycles. The number of aromatic nitrogens is 1. The molecular formula is C21H25F5N6O. The lowest BCUT2D eigenvalue weighted by atomic mass is 9.88. The van der Waals surface area contributed by atoms with Crippen molar-refractivity contribution in [2.75, 3.05) is 19.8 Å². The fraction of sp³-hybridized carbons (Fsp3) is 0.476. The fourth-order valence-electron chi connectivity index (χ4n) is 3.50. The zero-order chi connectivity index (χ0) is 24.8. The SMILES string of the molecule is C/C=C(\C=NCNCC1C(C)CC(F)(F)CN1C(=O)C(=N)C(=N)c1ccccn1)C(F)(F)F. The highest BCUT2D eigenvalue weighted by molar-refractivity contribution is 6.68. The maximum absolute atomic E-state index is 14.2. The molecule has 33 heavy (non-hydrogen) atoms. The largest absolute Gasteiger partial charge is 0.417 e. The number of hydrogen-bond donors (Lipinski definition) is 3. The van der Waals surface area contributed by atoms with Gasteiger partial charge >= 0.3 is 6.18 Å². The second-order valence-corrected chi connectivity index (χ2v) is 7.67. The van der Waals surface area contributed by atoms with Crippen molar-refractivity contribution < 1.29 is 26.7 Å². The van der Waals surface area contributed by atoms with E-state index in [-0.39, 0.29) is 18.9 Å². The van der Waals surface area contributed by atoms with Crippen LogP contribution in [0.25, 0.3) is 0 Å². The Morgan fingerprint density at radius 1 is 1.36 bits per heavy atom. The van der Waals surface area contributed by atoms with Crippen LogP contribution in [0.2, 0.25) is 0 Å². The van der Waals surface area contributed by atoms with Crippen LogP contribution in [-0.2, 0) is 4.79 Å². The second kappa shape index (κ2) is 10.7. The Morgan fingerprint density at radius 3 is 2.64 bits per heavy atom. The van der Waals surface area contributed by atoms with Crippen molar-refractivity contribution in [2.45, 2.75) is 38.4 Å². The van der Waals surface area contributed by atoms with Crippen LogP contribution in [0.1, 0.15) is 26.0 Å². The molecule has 0 spiro atoms. The number of aliphatic imine (C=N–C) groups is 1. The summed E-state index contributed by atoms with van der Waals surface area (Å²) in [5, 5.41) is 18.9. The van der Waals surface area contributed by atoms with Gasteiger partial charge in [-0.2, -0.15) is 13.2 Å². The molecule has 0 aromatic carbocycles. The number of alkyl halides is 5. The molecule has 12 heteroatoms. The van der Waals surface area contributed by atoms with Crippen LogP contribution in [0.5, 0.6) is 0 Å². The van der Waals surface area contributed by atoms with Crippen LogP contribution in [0.4, 0.5) is 22.0 Å². The first-order chi connectivity index (χ1) is 15.4. The molecule has 2 atom stereocenters. The van der Waals surface area contributed by atoms with Gasteiger partial charge in [0.25, 0.3) is 11.8 Å². The van der Waals surface area contributed by atoms with Gasteiger partial charge < -0.3 is 4.90 Å². The summed E-state index contributed by atoms with van der Waals surface area (Å²) in [5.41, 5.74) is -2.14. The van der Waals surface area contributed by atoms with E-state index in [0.717, 1.165) is 11.0 Å². The number of carbonyl (C=O) groups excluding carboxylic acids is 1. The third kappa shape index (κ3) is 6.98. The third-order valence-corrected chi connectivity index (χ3v) is 5.15. The summed E-state index contributed by atoms with van der Waals surface area (Å²) in [5.74, 6) is -4.89. The minimum atomic E-state index is -4.54. The van der Waals surface area contributed by atoms with E-state index in [1.165, 1.54) is 26.1 Å². The van der Waals surface area contributed by atoms with Crippen LogP contribution in [-0.4, -0.2) is 71.3 Å². The standard InChI is InChI=1S/C21H25F5N6O/c1-3-14(21(24,25)26)9-29-12-30-10-16-13(2)8-20(22,23)11-32(16)19(33)18(28)17(27)15-6-4-5-7-31-15/h3-7,9,13,16,27-28,30H,8,10-12H2,1-2H3/b14-3+,27-17?,28-18?,29-9?. The number of pyridine rings is 1. The zero-order valence-corrected chi connectivity index (χ0v) is 18.1. The van der Waals surface area contributed by atoms with E-state index >= 15 is 0 Å². The van der Waals surface area contributed by atoms with E-state index in [4.69, 9.17) is 10.8 Å². The minimum Gasteiger partial charge on any atom is -0.327 e. The number of hydrogen-bond acceptors (Lipinski definition) is 6. The van der Waals surface area contributed by atoms with Crippen LogP contribution in [0.15, 0.2) is 41.0 Å². The highest BCUT2D eigenvalue weighted by Gasteiger charge is 2.46. The predicted octanol–water partition coefficient (Wildman–Crippen LogP) is 3.47. The summed E-state index contributed by atoms with van der Waals surface area (Å²) in [6.07, 6.45) is -2.11. The number of amides is 1. The van der Waals surface area contributed by atoms with Crippen molar-refractivity contribution in [3.63, 3.8) is 0 Å². The molecule has 0 aliphatic carbocycles. The Labute approximate surface area is 187 Å². The van der Waals surface area contributed by atoms with Gasteiger partial charge in [-0.1, -0.05) is 19.1 Å². The maximum Gasteiger partial charge on any atom is 0.417 e. The molecule has 7 nitrogen and oxygen atoms in total. The number of piperidine rings is 1. The van der Waals surface area contributed by atoms with E-state index in [1.54, 1.807) is 12.1 Å². The predicted molar refractivity (Wildman–Crippen MR) is 114 cm³/mol. The van der Waals surface area contributed by atoms with Gasteiger partial charge in [-0.05, 0) is 25.0 Å². The zero-order valence-electron chi connectivity index (χ0n) is 18.1. The first-order valence-electron chi connectivity index (χ1n) is 10.1. The number of halogens is 5. The van der Waals surface area contributed by atoms with Gasteiger partial charge in [-0.15, -0.1) is 0 Å². The molecular weight excluding hydrogens is 447 g/mol. The lowest BCUT2D eigenvalue weighted by Gasteiger charge is -2.43. The van der Waals surface area contributed by atoms with E-state index in [9.17, 15) is 26.7 Å². The van der Waals surface area contributed by atoms with E-state index in [1.807, 2.05) is 0 Å². The molecule has 1 amide bonds. The van der Waals surface area contributed by atoms with Gasteiger partial charge in [0.2, 0.25) is 0 Å². The molecule has 0 saturated carbocycles. The van der Waals surface area contributed by atoms with E-state index < -0.39 is 59.9 Å². The fourth-order valence-corrected chi connectivity index (χ4v) is 3.50. The quantitative estimate of drug-likeness (QED) is 0.307. The van der Waals surface area contributed by atoms with Crippen LogP contribution in [0, 0.1) is 16.7 Å². The van der Waals surface area contributed by atoms with Crippen molar-refractivity contribution in [3.8, 4) is 0 Å². The smallest absolute Gasteiger partial charge is 0.327 e. The lowest BCUT2D eigenvalue weighted by molar-refractivity contribution is -0.145. The first kappa shape index (κ1) is 26.2. The van der Waals surface area contributed by atoms with Gasteiger partial charge in [0.15, 0.2) is 0 Å². The summed E-state index contributed by atoms with van der Waals surface area (Å²) in [6, 6.07) is 3.81. The summed E-state index contributed by atoms with van der Waals surface area (Å²) in [4.78, 5) is 21.3. The Hall–Kier alpha value is -3.02. The van der Waals surface area contributed by atoms with Crippen molar-refractivity contribution in [1.29, 1.82) is 10.8 Å². The van der Waals surface area contributed by atoms with Crippen molar-refractivity contribution >= 4 is 23.5 Å². The molecule has 0 bridgehead atoms. The average Bonchev–Trinajstić information content (AvgIpc) is 2.74. The molecule has 180 valence electrons. The van der Waals surface area contributed by atoms with Crippen LogP contribution in [0.3, 0.4) is 0 Å². The highest BCUT2D eigenvalue weighted by Crippen LogP contribution is 2.34. The van der Waals surface area contributed by atoms with Crippen LogP contribution < -0.4 is 5.32 Å².